The van der Waals surface area contributed by atoms with Gasteiger partial charge in [-0.05, 0) is 35.4 Å². The minimum Gasteiger partial charge on any atom is -0.329 e. The van der Waals surface area contributed by atoms with Gasteiger partial charge in [0.25, 0.3) is 0 Å². The van der Waals surface area contributed by atoms with Crippen LogP contribution in [0.5, 0.6) is 0 Å². The predicted molar refractivity (Wildman–Crippen MR) is 84.6 cm³/mol. The van der Waals surface area contributed by atoms with Gasteiger partial charge in [-0.25, -0.2) is 8.78 Å². The number of hydrogen-bond acceptors (Lipinski definition) is 3. The highest BCUT2D eigenvalue weighted by Crippen LogP contribution is 2.22. The fourth-order valence-electron chi connectivity index (χ4n) is 2.27. The van der Waals surface area contributed by atoms with E-state index in [1.807, 2.05) is 0 Å². The summed E-state index contributed by atoms with van der Waals surface area (Å²) in [5, 5.41) is 6.61. The van der Waals surface area contributed by atoms with Gasteiger partial charge in [-0.1, -0.05) is 24.3 Å². The SMILES string of the molecule is NCCNCCNC(c1ccc(F)cc1)c1ccc(F)cc1. The van der Waals surface area contributed by atoms with Gasteiger partial charge in [0.2, 0.25) is 0 Å². The molecule has 2 aromatic rings. The Hall–Kier alpha value is -1.82. The van der Waals surface area contributed by atoms with E-state index in [4.69, 9.17) is 5.73 Å². The van der Waals surface area contributed by atoms with Crippen LogP contribution in [-0.4, -0.2) is 26.2 Å². The van der Waals surface area contributed by atoms with E-state index in [9.17, 15) is 8.78 Å². The number of nitrogens with two attached hydrogens (primary N) is 1. The molecule has 0 bridgehead atoms. The highest BCUT2D eigenvalue weighted by Gasteiger charge is 2.13. The number of benzene rings is 2. The third-order valence-electron chi connectivity index (χ3n) is 3.38. The molecule has 0 aromatic heterocycles. The lowest BCUT2D eigenvalue weighted by Crippen LogP contribution is -2.33. The van der Waals surface area contributed by atoms with Crippen molar-refractivity contribution in [1.82, 2.24) is 10.6 Å². The van der Waals surface area contributed by atoms with Crippen molar-refractivity contribution in [2.75, 3.05) is 26.2 Å². The molecule has 0 atom stereocenters. The van der Waals surface area contributed by atoms with Gasteiger partial charge < -0.3 is 16.4 Å². The molecule has 0 aliphatic rings. The van der Waals surface area contributed by atoms with E-state index in [1.165, 1.54) is 24.3 Å². The number of halogens is 2. The van der Waals surface area contributed by atoms with E-state index in [0.29, 0.717) is 6.54 Å². The van der Waals surface area contributed by atoms with Crippen molar-refractivity contribution in [3.05, 3.63) is 71.3 Å². The second kappa shape index (κ2) is 8.58. The van der Waals surface area contributed by atoms with Gasteiger partial charge in [-0.2, -0.15) is 0 Å². The minimum absolute atomic E-state index is 0.110. The molecule has 0 aliphatic carbocycles. The van der Waals surface area contributed by atoms with Crippen LogP contribution in [0.25, 0.3) is 0 Å². The van der Waals surface area contributed by atoms with Crippen molar-refractivity contribution in [2.45, 2.75) is 6.04 Å². The molecule has 0 radical (unpaired) electrons. The third-order valence-corrected chi connectivity index (χ3v) is 3.38. The van der Waals surface area contributed by atoms with Gasteiger partial charge in [-0.15, -0.1) is 0 Å². The second-order valence-corrected chi connectivity index (χ2v) is 5.03. The molecule has 0 spiro atoms. The average molecular weight is 305 g/mol. The molecule has 2 aromatic carbocycles. The normalized spacial score (nSPS) is 11.1. The molecular formula is C17H21F2N3. The zero-order chi connectivity index (χ0) is 15.8. The van der Waals surface area contributed by atoms with Crippen LogP contribution in [0.3, 0.4) is 0 Å². The molecule has 2 rings (SSSR count). The van der Waals surface area contributed by atoms with Crippen molar-refractivity contribution < 1.29 is 8.78 Å². The summed E-state index contributed by atoms with van der Waals surface area (Å²) in [5.41, 5.74) is 7.30. The number of nitrogens with one attached hydrogen (secondary N) is 2. The van der Waals surface area contributed by atoms with Crippen molar-refractivity contribution in [3.63, 3.8) is 0 Å². The first kappa shape index (κ1) is 16.5. The summed E-state index contributed by atoms with van der Waals surface area (Å²) in [4.78, 5) is 0. The van der Waals surface area contributed by atoms with Crippen LogP contribution in [0, 0.1) is 11.6 Å². The average Bonchev–Trinajstić information content (AvgIpc) is 2.53. The molecule has 22 heavy (non-hydrogen) atoms. The van der Waals surface area contributed by atoms with Crippen LogP contribution in [-0.2, 0) is 0 Å². The quantitative estimate of drug-likeness (QED) is 0.655. The van der Waals surface area contributed by atoms with Gasteiger partial charge in [0.05, 0.1) is 6.04 Å². The standard InChI is InChI=1S/C17H21F2N3/c18-15-5-1-13(2-6-15)17(22-12-11-21-10-9-20)14-3-7-16(19)8-4-14/h1-8,17,21-22H,9-12,20H2. The first-order valence-electron chi connectivity index (χ1n) is 7.36. The van der Waals surface area contributed by atoms with E-state index in [0.717, 1.165) is 30.8 Å². The Morgan fingerprint density at radius 2 is 1.27 bits per heavy atom. The molecule has 0 amide bonds. The fourth-order valence-corrected chi connectivity index (χ4v) is 2.27. The number of hydrogen-bond donors (Lipinski definition) is 3. The Morgan fingerprint density at radius 1 is 0.773 bits per heavy atom. The Bertz CT molecular complexity index is 510. The zero-order valence-corrected chi connectivity index (χ0v) is 12.4. The summed E-state index contributed by atoms with van der Waals surface area (Å²) in [6.45, 7) is 2.86. The molecule has 118 valence electrons. The summed E-state index contributed by atoms with van der Waals surface area (Å²) in [5.74, 6) is -0.544. The number of rotatable bonds is 8. The van der Waals surface area contributed by atoms with Crippen LogP contribution in [0.2, 0.25) is 0 Å². The first-order valence-corrected chi connectivity index (χ1v) is 7.36. The van der Waals surface area contributed by atoms with E-state index >= 15 is 0 Å². The maximum Gasteiger partial charge on any atom is 0.123 e. The van der Waals surface area contributed by atoms with Gasteiger partial charge in [0.1, 0.15) is 11.6 Å². The van der Waals surface area contributed by atoms with Crippen molar-refractivity contribution in [2.24, 2.45) is 5.73 Å². The summed E-state index contributed by atoms with van der Waals surface area (Å²) >= 11 is 0. The monoisotopic (exact) mass is 305 g/mol. The molecule has 3 nitrogen and oxygen atoms in total. The van der Waals surface area contributed by atoms with E-state index < -0.39 is 0 Å². The molecular weight excluding hydrogens is 284 g/mol. The minimum atomic E-state index is -0.272. The topological polar surface area (TPSA) is 50.1 Å². The molecule has 0 saturated carbocycles. The van der Waals surface area contributed by atoms with E-state index in [2.05, 4.69) is 10.6 Å². The lowest BCUT2D eigenvalue weighted by Gasteiger charge is -2.20. The van der Waals surface area contributed by atoms with Crippen LogP contribution in [0.1, 0.15) is 17.2 Å². The molecule has 0 fully saturated rings. The lowest BCUT2D eigenvalue weighted by molar-refractivity contribution is 0.564. The second-order valence-electron chi connectivity index (χ2n) is 5.03. The van der Waals surface area contributed by atoms with Gasteiger partial charge in [-0.3, -0.25) is 0 Å². The fraction of sp³-hybridized carbons (Fsp3) is 0.294. The molecule has 0 unspecified atom stereocenters. The highest BCUT2D eigenvalue weighted by atomic mass is 19.1. The van der Waals surface area contributed by atoms with E-state index in [1.54, 1.807) is 24.3 Å². The Balaban J connectivity index is 2.10. The zero-order valence-electron chi connectivity index (χ0n) is 12.4. The summed E-state index contributed by atoms with van der Waals surface area (Å²) < 4.78 is 26.2. The third kappa shape index (κ3) is 4.87. The van der Waals surface area contributed by atoms with Gasteiger partial charge in [0, 0.05) is 26.2 Å². The van der Waals surface area contributed by atoms with Crippen LogP contribution in [0.4, 0.5) is 8.78 Å². The van der Waals surface area contributed by atoms with Gasteiger partial charge >= 0.3 is 0 Å². The predicted octanol–water partition coefficient (Wildman–Crippen LogP) is 2.19. The highest BCUT2D eigenvalue weighted by molar-refractivity contribution is 5.32. The Labute approximate surface area is 129 Å². The molecule has 4 N–H and O–H groups in total. The first-order chi connectivity index (χ1) is 10.7. The lowest BCUT2D eigenvalue weighted by atomic mass is 9.98. The maximum atomic E-state index is 13.1. The summed E-state index contributed by atoms with van der Waals surface area (Å²) in [6.07, 6.45) is 0. The van der Waals surface area contributed by atoms with Crippen molar-refractivity contribution in [3.8, 4) is 0 Å². The van der Waals surface area contributed by atoms with Crippen molar-refractivity contribution >= 4 is 0 Å². The molecule has 5 heteroatoms. The Kier molecular flexibility index (Phi) is 6.45. The summed E-state index contributed by atoms with van der Waals surface area (Å²) in [7, 11) is 0. The van der Waals surface area contributed by atoms with Crippen LogP contribution >= 0.6 is 0 Å². The van der Waals surface area contributed by atoms with Crippen LogP contribution < -0.4 is 16.4 Å². The Morgan fingerprint density at radius 3 is 1.73 bits per heavy atom. The molecule has 0 aliphatic heterocycles. The smallest absolute Gasteiger partial charge is 0.123 e. The maximum absolute atomic E-state index is 13.1. The van der Waals surface area contributed by atoms with Crippen LogP contribution in [0.15, 0.2) is 48.5 Å². The van der Waals surface area contributed by atoms with Gasteiger partial charge in [0.15, 0.2) is 0 Å². The molecule has 0 heterocycles. The largest absolute Gasteiger partial charge is 0.329 e. The molecule has 0 saturated heterocycles. The summed E-state index contributed by atoms with van der Waals surface area (Å²) in [6, 6.07) is 12.6. The van der Waals surface area contributed by atoms with Crippen molar-refractivity contribution in [1.29, 1.82) is 0 Å². The van der Waals surface area contributed by atoms with E-state index in [-0.39, 0.29) is 17.7 Å².